The monoisotopic (exact) mass is 251 g/mol. The Bertz CT molecular complexity index is 391. The van der Waals surface area contributed by atoms with Gasteiger partial charge in [-0.1, -0.05) is 20.8 Å². The Morgan fingerprint density at radius 2 is 1.89 bits per heavy atom. The van der Waals surface area contributed by atoms with Crippen molar-refractivity contribution in [3.8, 4) is 5.88 Å². The maximum absolute atomic E-state index is 5.95. The van der Waals surface area contributed by atoms with E-state index in [-0.39, 0.29) is 6.10 Å². The normalized spacial score (nSPS) is 12.6. The molecule has 0 aliphatic rings. The van der Waals surface area contributed by atoms with Crippen molar-refractivity contribution >= 4 is 5.82 Å². The minimum atomic E-state index is 0.174. The predicted molar refractivity (Wildman–Crippen MR) is 75.2 cm³/mol. The standard InChI is InChI=1S/C14H25N3O/c1-7-12-16-13(15-6)11(5)14(17-12)18-10(4)8-9(2)3/h9-10H,7-8H2,1-6H3,(H,15,16,17). The molecule has 0 aliphatic carbocycles. The summed E-state index contributed by atoms with van der Waals surface area (Å²) in [5, 5.41) is 3.09. The molecule has 4 nitrogen and oxygen atoms in total. The number of aromatic nitrogens is 2. The molecule has 1 aromatic rings. The Morgan fingerprint density at radius 3 is 2.39 bits per heavy atom. The van der Waals surface area contributed by atoms with Crippen molar-refractivity contribution in [2.75, 3.05) is 12.4 Å². The van der Waals surface area contributed by atoms with Crippen LogP contribution in [0.4, 0.5) is 5.82 Å². The van der Waals surface area contributed by atoms with Crippen LogP contribution in [-0.2, 0) is 6.42 Å². The van der Waals surface area contributed by atoms with E-state index in [1.54, 1.807) is 0 Å². The molecule has 1 unspecified atom stereocenters. The first-order valence-corrected chi connectivity index (χ1v) is 6.69. The van der Waals surface area contributed by atoms with Crippen molar-refractivity contribution in [3.63, 3.8) is 0 Å². The number of nitrogens with one attached hydrogen (secondary N) is 1. The molecule has 0 aromatic carbocycles. The molecule has 0 spiro atoms. The topological polar surface area (TPSA) is 47.0 Å². The molecule has 1 aromatic heterocycles. The van der Waals surface area contributed by atoms with Gasteiger partial charge in [-0.05, 0) is 26.2 Å². The second-order valence-electron chi connectivity index (χ2n) is 5.08. The van der Waals surface area contributed by atoms with Gasteiger partial charge in [0.1, 0.15) is 11.6 Å². The molecular formula is C14H25N3O. The van der Waals surface area contributed by atoms with Crippen molar-refractivity contribution in [1.82, 2.24) is 9.97 Å². The van der Waals surface area contributed by atoms with Crippen molar-refractivity contribution in [1.29, 1.82) is 0 Å². The second kappa shape index (κ2) is 6.57. The second-order valence-corrected chi connectivity index (χ2v) is 5.08. The lowest BCUT2D eigenvalue weighted by Crippen LogP contribution is -2.17. The Hall–Kier alpha value is -1.32. The third-order valence-electron chi connectivity index (χ3n) is 2.82. The highest BCUT2D eigenvalue weighted by molar-refractivity contribution is 5.48. The van der Waals surface area contributed by atoms with Gasteiger partial charge in [-0.25, -0.2) is 4.98 Å². The van der Waals surface area contributed by atoms with Gasteiger partial charge >= 0.3 is 0 Å². The number of ether oxygens (including phenoxy) is 1. The summed E-state index contributed by atoms with van der Waals surface area (Å²) in [4.78, 5) is 8.91. The minimum Gasteiger partial charge on any atom is -0.474 e. The molecular weight excluding hydrogens is 226 g/mol. The van der Waals surface area contributed by atoms with E-state index in [1.165, 1.54) is 0 Å². The Labute approximate surface area is 110 Å². The molecule has 1 N–H and O–H groups in total. The van der Waals surface area contributed by atoms with Crippen molar-refractivity contribution in [3.05, 3.63) is 11.4 Å². The van der Waals surface area contributed by atoms with E-state index in [4.69, 9.17) is 4.74 Å². The van der Waals surface area contributed by atoms with E-state index in [2.05, 4.69) is 36.1 Å². The summed E-state index contributed by atoms with van der Waals surface area (Å²) >= 11 is 0. The number of rotatable bonds is 6. The summed E-state index contributed by atoms with van der Waals surface area (Å²) in [6, 6.07) is 0. The summed E-state index contributed by atoms with van der Waals surface area (Å²) in [7, 11) is 1.87. The van der Waals surface area contributed by atoms with E-state index < -0.39 is 0 Å². The van der Waals surface area contributed by atoms with Crippen LogP contribution in [0.5, 0.6) is 5.88 Å². The van der Waals surface area contributed by atoms with E-state index in [0.29, 0.717) is 11.8 Å². The zero-order valence-electron chi connectivity index (χ0n) is 12.4. The fourth-order valence-corrected chi connectivity index (χ4v) is 1.96. The summed E-state index contributed by atoms with van der Waals surface area (Å²) < 4.78 is 5.95. The Kier molecular flexibility index (Phi) is 5.38. The minimum absolute atomic E-state index is 0.174. The SMILES string of the molecule is CCc1nc(NC)c(C)c(OC(C)CC(C)C)n1. The number of hydrogen-bond donors (Lipinski definition) is 1. The van der Waals surface area contributed by atoms with E-state index in [1.807, 2.05) is 20.9 Å². The summed E-state index contributed by atoms with van der Waals surface area (Å²) in [5.41, 5.74) is 0.977. The van der Waals surface area contributed by atoms with Gasteiger partial charge in [0.2, 0.25) is 5.88 Å². The molecule has 1 rings (SSSR count). The van der Waals surface area contributed by atoms with Crippen LogP contribution in [0.2, 0.25) is 0 Å². The average Bonchev–Trinajstić information content (AvgIpc) is 2.30. The van der Waals surface area contributed by atoms with Crippen molar-refractivity contribution in [2.24, 2.45) is 5.92 Å². The first-order valence-electron chi connectivity index (χ1n) is 6.69. The molecule has 0 aliphatic heterocycles. The van der Waals surface area contributed by atoms with Crippen LogP contribution in [0.15, 0.2) is 0 Å². The number of anilines is 1. The quantitative estimate of drug-likeness (QED) is 0.843. The summed E-state index contributed by atoms with van der Waals surface area (Å²) in [6.07, 6.45) is 2.01. The molecule has 0 saturated heterocycles. The Morgan fingerprint density at radius 1 is 1.22 bits per heavy atom. The van der Waals surface area contributed by atoms with Crippen LogP contribution in [0.1, 0.15) is 45.5 Å². The van der Waals surface area contributed by atoms with Crippen LogP contribution in [0.25, 0.3) is 0 Å². The van der Waals surface area contributed by atoms with E-state index >= 15 is 0 Å². The molecule has 0 radical (unpaired) electrons. The van der Waals surface area contributed by atoms with Gasteiger partial charge in [-0.2, -0.15) is 4.98 Å². The lowest BCUT2D eigenvalue weighted by Gasteiger charge is -2.18. The highest BCUT2D eigenvalue weighted by Crippen LogP contribution is 2.24. The van der Waals surface area contributed by atoms with Crippen LogP contribution in [0, 0.1) is 12.8 Å². The third-order valence-corrected chi connectivity index (χ3v) is 2.82. The molecule has 1 atom stereocenters. The summed E-state index contributed by atoms with van der Waals surface area (Å²) in [6.45, 7) is 10.5. The lowest BCUT2D eigenvalue weighted by atomic mass is 10.1. The van der Waals surface area contributed by atoms with Crippen LogP contribution in [0.3, 0.4) is 0 Å². The fourth-order valence-electron chi connectivity index (χ4n) is 1.96. The molecule has 0 saturated carbocycles. The smallest absolute Gasteiger partial charge is 0.222 e. The first kappa shape index (κ1) is 14.7. The van der Waals surface area contributed by atoms with Crippen LogP contribution < -0.4 is 10.1 Å². The van der Waals surface area contributed by atoms with Crippen molar-refractivity contribution < 1.29 is 4.74 Å². The average molecular weight is 251 g/mol. The van der Waals surface area contributed by atoms with E-state index in [0.717, 1.165) is 30.0 Å². The maximum atomic E-state index is 5.95. The number of hydrogen-bond acceptors (Lipinski definition) is 4. The van der Waals surface area contributed by atoms with Gasteiger partial charge in [0.25, 0.3) is 0 Å². The van der Waals surface area contributed by atoms with Gasteiger partial charge < -0.3 is 10.1 Å². The maximum Gasteiger partial charge on any atom is 0.222 e. The number of aryl methyl sites for hydroxylation is 1. The van der Waals surface area contributed by atoms with Gasteiger partial charge in [0, 0.05) is 13.5 Å². The molecule has 18 heavy (non-hydrogen) atoms. The molecule has 0 bridgehead atoms. The molecule has 4 heteroatoms. The van der Waals surface area contributed by atoms with Crippen molar-refractivity contribution in [2.45, 2.75) is 53.6 Å². The predicted octanol–water partition coefficient (Wildman–Crippen LogP) is 3.20. The van der Waals surface area contributed by atoms with E-state index in [9.17, 15) is 0 Å². The molecule has 102 valence electrons. The number of nitrogens with zero attached hydrogens (tertiary/aromatic N) is 2. The fraction of sp³-hybridized carbons (Fsp3) is 0.714. The highest BCUT2D eigenvalue weighted by Gasteiger charge is 2.14. The van der Waals surface area contributed by atoms with Crippen LogP contribution in [-0.4, -0.2) is 23.1 Å². The molecule has 0 fully saturated rings. The molecule has 0 amide bonds. The third kappa shape index (κ3) is 3.86. The zero-order chi connectivity index (χ0) is 13.7. The summed E-state index contributed by atoms with van der Waals surface area (Å²) in [5.74, 6) is 3.00. The van der Waals surface area contributed by atoms with Gasteiger partial charge in [0.05, 0.1) is 11.7 Å². The van der Waals surface area contributed by atoms with Gasteiger partial charge in [-0.15, -0.1) is 0 Å². The lowest BCUT2D eigenvalue weighted by molar-refractivity contribution is 0.183. The van der Waals surface area contributed by atoms with Gasteiger partial charge in [-0.3, -0.25) is 0 Å². The largest absolute Gasteiger partial charge is 0.474 e. The van der Waals surface area contributed by atoms with Crippen LogP contribution >= 0.6 is 0 Å². The van der Waals surface area contributed by atoms with Gasteiger partial charge in [0.15, 0.2) is 0 Å². The zero-order valence-corrected chi connectivity index (χ0v) is 12.4. The molecule has 1 heterocycles. The Balaban J connectivity index is 2.93. The first-order chi connectivity index (χ1) is 8.47. The highest BCUT2D eigenvalue weighted by atomic mass is 16.5.